The molecule has 0 saturated heterocycles. The molecule has 19 heavy (non-hydrogen) atoms. The summed E-state index contributed by atoms with van der Waals surface area (Å²) in [4.78, 5) is 6.73. The molecule has 0 bridgehead atoms. The minimum Gasteiger partial charge on any atom is -0.294 e. The zero-order chi connectivity index (χ0) is 13.8. The van der Waals surface area contributed by atoms with Crippen LogP contribution in [0.3, 0.4) is 0 Å². The van der Waals surface area contributed by atoms with Crippen molar-refractivity contribution in [3.05, 3.63) is 47.5 Å². The van der Waals surface area contributed by atoms with Gasteiger partial charge in [0.1, 0.15) is 0 Å². The topological polar surface area (TPSA) is 34.0 Å². The second-order valence-electron chi connectivity index (χ2n) is 4.97. The van der Waals surface area contributed by atoms with E-state index in [0.717, 1.165) is 18.7 Å². The van der Waals surface area contributed by atoms with Crippen LogP contribution in [-0.4, -0.2) is 26.7 Å². The van der Waals surface area contributed by atoms with Gasteiger partial charge in [-0.1, -0.05) is 13.0 Å². The second-order valence-corrected chi connectivity index (χ2v) is 4.97. The standard InChI is InChI=1S/C15H22N4/c1-5-14-13(11-19(4)17-14)10-18(3)12(2)15-8-6-7-9-16-15/h6-9,11-12H,5,10H2,1-4H3/t12-/m0/s1. The molecule has 0 aliphatic heterocycles. The Kier molecular flexibility index (Phi) is 4.32. The van der Waals surface area contributed by atoms with E-state index in [9.17, 15) is 0 Å². The van der Waals surface area contributed by atoms with E-state index >= 15 is 0 Å². The fourth-order valence-corrected chi connectivity index (χ4v) is 2.27. The van der Waals surface area contributed by atoms with Crippen LogP contribution >= 0.6 is 0 Å². The molecule has 2 aromatic rings. The van der Waals surface area contributed by atoms with Gasteiger partial charge in [0, 0.05) is 37.6 Å². The Morgan fingerprint density at radius 1 is 1.37 bits per heavy atom. The summed E-state index contributed by atoms with van der Waals surface area (Å²) < 4.78 is 1.90. The molecule has 2 rings (SSSR count). The van der Waals surface area contributed by atoms with Crippen LogP contribution in [0, 0.1) is 0 Å². The van der Waals surface area contributed by atoms with Crippen LogP contribution in [0.4, 0.5) is 0 Å². The lowest BCUT2D eigenvalue weighted by molar-refractivity contribution is 0.248. The molecule has 0 radical (unpaired) electrons. The minimum absolute atomic E-state index is 0.297. The summed E-state index contributed by atoms with van der Waals surface area (Å²) in [5, 5.41) is 4.49. The SMILES string of the molecule is CCc1nn(C)cc1CN(C)[C@@H](C)c1ccccn1. The predicted molar refractivity (Wildman–Crippen MR) is 76.7 cm³/mol. The molecule has 0 saturated carbocycles. The van der Waals surface area contributed by atoms with Gasteiger partial charge < -0.3 is 0 Å². The van der Waals surface area contributed by atoms with Gasteiger partial charge in [-0.2, -0.15) is 5.10 Å². The van der Waals surface area contributed by atoms with Gasteiger partial charge in [-0.25, -0.2) is 0 Å². The van der Waals surface area contributed by atoms with Crippen LogP contribution in [0.2, 0.25) is 0 Å². The van der Waals surface area contributed by atoms with Crippen molar-refractivity contribution >= 4 is 0 Å². The highest BCUT2D eigenvalue weighted by Gasteiger charge is 2.15. The summed E-state index contributed by atoms with van der Waals surface area (Å²) >= 11 is 0. The van der Waals surface area contributed by atoms with E-state index in [1.807, 2.05) is 30.1 Å². The highest BCUT2D eigenvalue weighted by molar-refractivity contribution is 5.17. The lowest BCUT2D eigenvalue weighted by Gasteiger charge is -2.24. The lowest BCUT2D eigenvalue weighted by atomic mass is 10.1. The molecule has 2 aromatic heterocycles. The summed E-state index contributed by atoms with van der Waals surface area (Å²) in [5.74, 6) is 0. The quantitative estimate of drug-likeness (QED) is 0.826. The average Bonchev–Trinajstić information content (AvgIpc) is 2.78. The van der Waals surface area contributed by atoms with Crippen LogP contribution in [0.25, 0.3) is 0 Å². The fraction of sp³-hybridized carbons (Fsp3) is 0.467. The van der Waals surface area contributed by atoms with E-state index in [4.69, 9.17) is 0 Å². The first-order valence-electron chi connectivity index (χ1n) is 6.74. The maximum atomic E-state index is 4.49. The highest BCUT2D eigenvalue weighted by atomic mass is 15.3. The van der Waals surface area contributed by atoms with Gasteiger partial charge in [0.25, 0.3) is 0 Å². The Balaban J connectivity index is 2.10. The number of hydrogen-bond donors (Lipinski definition) is 0. The summed E-state index contributed by atoms with van der Waals surface area (Å²) in [6.45, 7) is 5.23. The number of rotatable bonds is 5. The average molecular weight is 258 g/mol. The first kappa shape index (κ1) is 13.7. The fourth-order valence-electron chi connectivity index (χ4n) is 2.27. The molecule has 0 unspecified atom stereocenters. The summed E-state index contributed by atoms with van der Waals surface area (Å²) in [5.41, 5.74) is 3.59. The third-order valence-electron chi connectivity index (χ3n) is 3.52. The Bertz CT molecular complexity index is 518. The maximum Gasteiger partial charge on any atom is 0.0666 e. The van der Waals surface area contributed by atoms with Crippen molar-refractivity contribution in [2.75, 3.05) is 7.05 Å². The molecular formula is C15H22N4. The molecule has 0 amide bonds. The minimum atomic E-state index is 0.297. The van der Waals surface area contributed by atoms with Gasteiger partial charge in [0.05, 0.1) is 11.4 Å². The van der Waals surface area contributed by atoms with Crippen LogP contribution in [0.15, 0.2) is 30.6 Å². The number of aromatic nitrogens is 3. The zero-order valence-corrected chi connectivity index (χ0v) is 12.2. The molecule has 102 valence electrons. The molecule has 0 aliphatic rings. The van der Waals surface area contributed by atoms with E-state index in [0.29, 0.717) is 6.04 Å². The van der Waals surface area contributed by atoms with Crippen LogP contribution in [0.5, 0.6) is 0 Å². The van der Waals surface area contributed by atoms with Gasteiger partial charge in [-0.3, -0.25) is 14.6 Å². The van der Waals surface area contributed by atoms with Crippen LogP contribution in [0.1, 0.15) is 36.8 Å². The number of aryl methyl sites for hydroxylation is 2. The van der Waals surface area contributed by atoms with Crippen molar-refractivity contribution in [2.45, 2.75) is 32.9 Å². The summed E-state index contributed by atoms with van der Waals surface area (Å²) in [6.07, 6.45) is 4.93. The van der Waals surface area contributed by atoms with Crippen molar-refractivity contribution in [3.8, 4) is 0 Å². The van der Waals surface area contributed by atoms with Gasteiger partial charge in [0.2, 0.25) is 0 Å². The molecule has 0 N–H and O–H groups in total. The van der Waals surface area contributed by atoms with Crippen molar-refractivity contribution < 1.29 is 0 Å². The van der Waals surface area contributed by atoms with E-state index in [1.165, 1.54) is 11.3 Å². The molecule has 2 heterocycles. The van der Waals surface area contributed by atoms with Crippen LogP contribution in [-0.2, 0) is 20.0 Å². The van der Waals surface area contributed by atoms with Crippen molar-refractivity contribution in [1.82, 2.24) is 19.7 Å². The molecule has 4 nitrogen and oxygen atoms in total. The highest BCUT2D eigenvalue weighted by Crippen LogP contribution is 2.19. The Morgan fingerprint density at radius 2 is 2.16 bits per heavy atom. The second kappa shape index (κ2) is 5.97. The first-order chi connectivity index (χ1) is 9.11. The zero-order valence-electron chi connectivity index (χ0n) is 12.2. The number of nitrogens with zero attached hydrogens (tertiary/aromatic N) is 4. The van der Waals surface area contributed by atoms with E-state index in [2.05, 4.69) is 48.1 Å². The normalized spacial score (nSPS) is 12.9. The van der Waals surface area contributed by atoms with Gasteiger partial charge in [-0.05, 0) is 32.5 Å². The number of pyridine rings is 1. The molecule has 0 aromatic carbocycles. The third kappa shape index (κ3) is 3.20. The molecular weight excluding hydrogens is 236 g/mol. The van der Waals surface area contributed by atoms with Gasteiger partial charge >= 0.3 is 0 Å². The smallest absolute Gasteiger partial charge is 0.0666 e. The maximum absolute atomic E-state index is 4.49. The first-order valence-corrected chi connectivity index (χ1v) is 6.74. The number of hydrogen-bond acceptors (Lipinski definition) is 3. The molecule has 0 aliphatic carbocycles. The Hall–Kier alpha value is -1.68. The van der Waals surface area contributed by atoms with E-state index in [1.54, 1.807) is 0 Å². The monoisotopic (exact) mass is 258 g/mol. The van der Waals surface area contributed by atoms with Crippen molar-refractivity contribution in [2.24, 2.45) is 7.05 Å². The van der Waals surface area contributed by atoms with Gasteiger partial charge in [-0.15, -0.1) is 0 Å². The third-order valence-corrected chi connectivity index (χ3v) is 3.52. The molecule has 0 spiro atoms. The van der Waals surface area contributed by atoms with Crippen molar-refractivity contribution in [3.63, 3.8) is 0 Å². The molecule has 4 heteroatoms. The predicted octanol–water partition coefficient (Wildman–Crippen LogP) is 2.57. The van der Waals surface area contributed by atoms with E-state index in [-0.39, 0.29) is 0 Å². The Morgan fingerprint density at radius 3 is 2.79 bits per heavy atom. The summed E-state index contributed by atoms with van der Waals surface area (Å²) in [7, 11) is 4.11. The Labute approximate surface area is 115 Å². The largest absolute Gasteiger partial charge is 0.294 e. The van der Waals surface area contributed by atoms with Crippen LogP contribution < -0.4 is 0 Å². The summed E-state index contributed by atoms with van der Waals surface area (Å²) in [6, 6.07) is 6.36. The lowest BCUT2D eigenvalue weighted by Crippen LogP contribution is -2.23. The molecule has 0 fully saturated rings. The van der Waals surface area contributed by atoms with E-state index < -0.39 is 0 Å². The molecule has 1 atom stereocenters. The van der Waals surface area contributed by atoms with Gasteiger partial charge in [0.15, 0.2) is 0 Å². The van der Waals surface area contributed by atoms with Crippen molar-refractivity contribution in [1.29, 1.82) is 0 Å².